The molecule has 1 heterocycles. The highest BCUT2D eigenvalue weighted by Crippen LogP contribution is 2.14. The minimum atomic E-state index is 0.0533. The highest BCUT2D eigenvalue weighted by molar-refractivity contribution is 5.94. The van der Waals surface area contributed by atoms with Crippen LogP contribution >= 0.6 is 0 Å². The number of hydrogen-bond donors (Lipinski definition) is 2. The van der Waals surface area contributed by atoms with E-state index in [1.54, 1.807) is 30.5 Å². The second-order valence-electron chi connectivity index (χ2n) is 3.31. The van der Waals surface area contributed by atoms with Crippen molar-refractivity contribution in [2.75, 3.05) is 0 Å². The van der Waals surface area contributed by atoms with Gasteiger partial charge in [-0.1, -0.05) is 0 Å². The molecule has 1 aromatic heterocycles. The van der Waals surface area contributed by atoms with E-state index >= 15 is 0 Å². The van der Waals surface area contributed by atoms with Gasteiger partial charge in [-0.25, -0.2) is 0 Å². The average Bonchev–Trinajstić information content (AvgIpc) is 2.80. The number of nitrogen functional groups attached to an aromatic ring is 1. The van der Waals surface area contributed by atoms with Crippen molar-refractivity contribution in [3.63, 3.8) is 0 Å². The molecule has 3 N–H and O–H groups in total. The molecule has 0 saturated carbocycles. The largest absolute Gasteiger partial charge is 0.486 e. The van der Waals surface area contributed by atoms with E-state index in [0.717, 1.165) is 11.5 Å². The van der Waals surface area contributed by atoms with Crippen LogP contribution in [0.15, 0.2) is 47.1 Å². The Morgan fingerprint density at radius 2 is 2.00 bits per heavy atom. The Bertz CT molecular complexity index is 460. The van der Waals surface area contributed by atoms with E-state index in [-0.39, 0.29) is 5.84 Å². The smallest absolute Gasteiger partial charge is 0.146 e. The third kappa shape index (κ3) is 2.42. The first-order valence-corrected chi connectivity index (χ1v) is 4.85. The SMILES string of the molecule is N=C(N)c1ccc(OCc2ccco2)cc1. The quantitative estimate of drug-likeness (QED) is 0.607. The van der Waals surface area contributed by atoms with Gasteiger partial charge in [0.25, 0.3) is 0 Å². The number of furan rings is 1. The Balaban J connectivity index is 1.98. The molecule has 0 radical (unpaired) electrons. The fourth-order valence-electron chi connectivity index (χ4n) is 1.28. The number of nitrogens with one attached hydrogen (secondary N) is 1. The molecular formula is C12H12N2O2. The summed E-state index contributed by atoms with van der Waals surface area (Å²) in [6.45, 7) is 0.395. The molecule has 1 aromatic carbocycles. The van der Waals surface area contributed by atoms with Crippen molar-refractivity contribution in [3.8, 4) is 5.75 Å². The van der Waals surface area contributed by atoms with Crippen molar-refractivity contribution in [1.82, 2.24) is 0 Å². The summed E-state index contributed by atoms with van der Waals surface area (Å²) in [6.07, 6.45) is 1.61. The lowest BCUT2D eigenvalue weighted by Gasteiger charge is -2.04. The lowest BCUT2D eigenvalue weighted by atomic mass is 10.2. The van der Waals surface area contributed by atoms with Crippen molar-refractivity contribution in [2.24, 2.45) is 5.73 Å². The van der Waals surface area contributed by atoms with E-state index < -0.39 is 0 Å². The number of benzene rings is 1. The van der Waals surface area contributed by atoms with E-state index in [0.29, 0.717) is 12.2 Å². The molecule has 0 fully saturated rings. The van der Waals surface area contributed by atoms with Crippen LogP contribution in [0.1, 0.15) is 11.3 Å². The fraction of sp³-hybridized carbons (Fsp3) is 0.0833. The first-order chi connectivity index (χ1) is 7.75. The van der Waals surface area contributed by atoms with Gasteiger partial charge < -0.3 is 14.9 Å². The van der Waals surface area contributed by atoms with Crippen LogP contribution in [0.25, 0.3) is 0 Å². The normalized spacial score (nSPS) is 10.0. The summed E-state index contributed by atoms with van der Waals surface area (Å²) in [5, 5.41) is 7.24. The molecule has 0 aliphatic carbocycles. The number of ether oxygens (including phenoxy) is 1. The number of amidine groups is 1. The second kappa shape index (κ2) is 4.53. The topological polar surface area (TPSA) is 72.2 Å². The van der Waals surface area contributed by atoms with Gasteiger partial charge in [-0.15, -0.1) is 0 Å². The van der Waals surface area contributed by atoms with E-state index in [2.05, 4.69) is 0 Å². The molecule has 0 saturated heterocycles. The van der Waals surface area contributed by atoms with Crippen molar-refractivity contribution >= 4 is 5.84 Å². The Kier molecular flexibility index (Phi) is 2.91. The molecule has 82 valence electrons. The van der Waals surface area contributed by atoms with Crippen LogP contribution in [0.3, 0.4) is 0 Å². The number of nitrogens with two attached hydrogens (primary N) is 1. The van der Waals surface area contributed by atoms with E-state index in [1.165, 1.54) is 0 Å². The Morgan fingerprint density at radius 1 is 1.25 bits per heavy atom. The Hall–Kier alpha value is -2.23. The fourth-order valence-corrected chi connectivity index (χ4v) is 1.28. The standard InChI is InChI=1S/C12H12N2O2/c13-12(14)9-3-5-10(6-4-9)16-8-11-2-1-7-15-11/h1-7H,8H2,(H3,13,14). The summed E-state index contributed by atoms with van der Waals surface area (Å²) in [4.78, 5) is 0. The Labute approximate surface area is 93.2 Å². The molecule has 0 amide bonds. The van der Waals surface area contributed by atoms with E-state index in [4.69, 9.17) is 20.3 Å². The molecule has 0 aliphatic rings. The van der Waals surface area contributed by atoms with Gasteiger partial charge in [-0.05, 0) is 36.4 Å². The van der Waals surface area contributed by atoms with E-state index in [1.807, 2.05) is 12.1 Å². The Morgan fingerprint density at radius 3 is 2.56 bits per heavy atom. The van der Waals surface area contributed by atoms with Gasteiger partial charge in [0.05, 0.1) is 6.26 Å². The molecule has 0 aliphatic heterocycles. The maximum atomic E-state index is 7.24. The van der Waals surface area contributed by atoms with Crippen LogP contribution < -0.4 is 10.5 Å². The molecule has 0 atom stereocenters. The third-order valence-corrected chi connectivity index (χ3v) is 2.13. The van der Waals surface area contributed by atoms with Crippen LogP contribution in [0.5, 0.6) is 5.75 Å². The minimum absolute atomic E-state index is 0.0533. The lowest BCUT2D eigenvalue weighted by molar-refractivity contribution is 0.270. The molecule has 0 bridgehead atoms. The third-order valence-electron chi connectivity index (χ3n) is 2.13. The molecule has 0 spiro atoms. The maximum absolute atomic E-state index is 7.24. The van der Waals surface area contributed by atoms with Crippen molar-refractivity contribution in [1.29, 1.82) is 5.41 Å². The van der Waals surface area contributed by atoms with Crippen LogP contribution in [-0.2, 0) is 6.61 Å². The monoisotopic (exact) mass is 216 g/mol. The summed E-state index contributed by atoms with van der Waals surface area (Å²) in [5.41, 5.74) is 6.03. The van der Waals surface area contributed by atoms with E-state index in [9.17, 15) is 0 Å². The molecule has 4 heteroatoms. The molecular weight excluding hydrogens is 204 g/mol. The van der Waals surface area contributed by atoms with Crippen LogP contribution in [0.2, 0.25) is 0 Å². The van der Waals surface area contributed by atoms with Crippen molar-refractivity contribution in [2.45, 2.75) is 6.61 Å². The summed E-state index contributed by atoms with van der Waals surface area (Å²) in [6, 6.07) is 10.7. The predicted octanol–water partition coefficient (Wildman–Crippen LogP) is 2.14. The summed E-state index contributed by atoms with van der Waals surface area (Å²) in [7, 11) is 0. The zero-order valence-electron chi connectivity index (χ0n) is 8.64. The van der Waals surface area contributed by atoms with Crippen LogP contribution in [-0.4, -0.2) is 5.84 Å². The first kappa shape index (κ1) is 10.3. The van der Waals surface area contributed by atoms with Gasteiger partial charge in [0.2, 0.25) is 0 Å². The van der Waals surface area contributed by atoms with Crippen LogP contribution in [0, 0.1) is 5.41 Å². The van der Waals surface area contributed by atoms with Gasteiger partial charge in [-0.3, -0.25) is 5.41 Å². The van der Waals surface area contributed by atoms with Gasteiger partial charge in [0.1, 0.15) is 24.0 Å². The molecule has 4 nitrogen and oxygen atoms in total. The van der Waals surface area contributed by atoms with Crippen molar-refractivity contribution in [3.05, 3.63) is 54.0 Å². The summed E-state index contributed by atoms with van der Waals surface area (Å²) >= 11 is 0. The second-order valence-corrected chi connectivity index (χ2v) is 3.31. The summed E-state index contributed by atoms with van der Waals surface area (Å²) in [5.74, 6) is 1.55. The zero-order chi connectivity index (χ0) is 11.4. The van der Waals surface area contributed by atoms with Crippen molar-refractivity contribution < 1.29 is 9.15 Å². The van der Waals surface area contributed by atoms with Gasteiger partial charge in [-0.2, -0.15) is 0 Å². The average molecular weight is 216 g/mol. The zero-order valence-corrected chi connectivity index (χ0v) is 8.64. The van der Waals surface area contributed by atoms with Gasteiger partial charge in [0.15, 0.2) is 0 Å². The lowest BCUT2D eigenvalue weighted by Crippen LogP contribution is -2.10. The highest BCUT2D eigenvalue weighted by Gasteiger charge is 1.99. The number of rotatable bonds is 4. The molecule has 2 rings (SSSR count). The molecule has 16 heavy (non-hydrogen) atoms. The van der Waals surface area contributed by atoms with Gasteiger partial charge in [0, 0.05) is 5.56 Å². The molecule has 0 unspecified atom stereocenters. The highest BCUT2D eigenvalue weighted by atomic mass is 16.5. The number of hydrogen-bond acceptors (Lipinski definition) is 3. The van der Waals surface area contributed by atoms with Gasteiger partial charge >= 0.3 is 0 Å². The minimum Gasteiger partial charge on any atom is -0.486 e. The maximum Gasteiger partial charge on any atom is 0.146 e. The first-order valence-electron chi connectivity index (χ1n) is 4.85. The predicted molar refractivity (Wildman–Crippen MR) is 60.5 cm³/mol. The molecule has 2 aromatic rings. The van der Waals surface area contributed by atoms with Crippen LogP contribution in [0.4, 0.5) is 0 Å². The summed E-state index contributed by atoms with van der Waals surface area (Å²) < 4.78 is 10.6.